The Bertz CT molecular complexity index is 497. The molecule has 0 aromatic heterocycles. The fourth-order valence-corrected chi connectivity index (χ4v) is 2.33. The van der Waals surface area contributed by atoms with Gasteiger partial charge >= 0.3 is 0 Å². The van der Waals surface area contributed by atoms with Crippen LogP contribution in [0.2, 0.25) is 0 Å². The summed E-state index contributed by atoms with van der Waals surface area (Å²) in [5.41, 5.74) is 7.09. The number of rotatable bonds is 3. The summed E-state index contributed by atoms with van der Waals surface area (Å²) in [5.74, 6) is -0.564. The fourth-order valence-electron chi connectivity index (χ4n) is 2.33. The summed E-state index contributed by atoms with van der Waals surface area (Å²) in [6.45, 7) is 5.63. The second-order valence-electron chi connectivity index (χ2n) is 5.40. The van der Waals surface area contributed by atoms with Gasteiger partial charge in [0.15, 0.2) is 0 Å². The van der Waals surface area contributed by atoms with Crippen LogP contribution in [0, 0.1) is 5.82 Å². The molecule has 1 aromatic rings. The molecule has 0 spiro atoms. The van der Waals surface area contributed by atoms with Crippen molar-refractivity contribution in [1.29, 1.82) is 0 Å². The topological polar surface area (TPSA) is 55.1 Å². The molecule has 98 valence electrons. The molecule has 1 unspecified atom stereocenters. The highest BCUT2D eigenvalue weighted by molar-refractivity contribution is 6.05. The molecule has 3 N–H and O–H groups in total. The van der Waals surface area contributed by atoms with Gasteiger partial charge in [-0.1, -0.05) is 19.4 Å². The molecule has 0 fully saturated rings. The smallest absolute Gasteiger partial charge is 0.234 e. The molecule has 4 heteroatoms. The first-order valence-electron chi connectivity index (χ1n) is 6.29. The lowest BCUT2D eigenvalue weighted by molar-refractivity contribution is -0.119. The highest BCUT2D eigenvalue weighted by Gasteiger charge is 2.40. The Morgan fingerprint density at radius 2 is 2.11 bits per heavy atom. The monoisotopic (exact) mass is 250 g/mol. The van der Waals surface area contributed by atoms with Gasteiger partial charge in [-0.2, -0.15) is 0 Å². The minimum absolute atomic E-state index is 0.169. The predicted octanol–water partition coefficient (Wildman–Crippen LogP) is 2.86. The van der Waals surface area contributed by atoms with Gasteiger partial charge in [0.2, 0.25) is 5.91 Å². The molecule has 18 heavy (non-hydrogen) atoms. The van der Waals surface area contributed by atoms with Gasteiger partial charge in [0.1, 0.15) is 5.82 Å². The van der Waals surface area contributed by atoms with E-state index < -0.39 is 11.2 Å². The van der Waals surface area contributed by atoms with Gasteiger partial charge in [0, 0.05) is 6.04 Å². The van der Waals surface area contributed by atoms with Crippen molar-refractivity contribution in [1.82, 2.24) is 0 Å². The van der Waals surface area contributed by atoms with Gasteiger partial charge in [-0.05, 0) is 37.5 Å². The van der Waals surface area contributed by atoms with Crippen molar-refractivity contribution in [3.63, 3.8) is 0 Å². The van der Waals surface area contributed by atoms with E-state index in [0.29, 0.717) is 11.3 Å². The van der Waals surface area contributed by atoms with Crippen molar-refractivity contribution in [2.24, 2.45) is 5.73 Å². The van der Waals surface area contributed by atoms with E-state index in [-0.39, 0.29) is 11.9 Å². The van der Waals surface area contributed by atoms with Crippen LogP contribution in [0.25, 0.3) is 0 Å². The second kappa shape index (κ2) is 4.35. The number of halogens is 1. The van der Waals surface area contributed by atoms with Crippen molar-refractivity contribution >= 4 is 11.6 Å². The predicted molar refractivity (Wildman–Crippen MR) is 69.9 cm³/mol. The van der Waals surface area contributed by atoms with Crippen LogP contribution in [0.15, 0.2) is 12.1 Å². The highest BCUT2D eigenvalue weighted by Crippen LogP contribution is 2.40. The lowest BCUT2D eigenvalue weighted by Crippen LogP contribution is -2.27. The summed E-state index contributed by atoms with van der Waals surface area (Å²) in [6.07, 6.45) is 1.75. The number of carbonyl (C=O) groups is 1. The van der Waals surface area contributed by atoms with E-state index >= 15 is 0 Å². The van der Waals surface area contributed by atoms with Crippen molar-refractivity contribution in [3.8, 4) is 0 Å². The summed E-state index contributed by atoms with van der Waals surface area (Å²) >= 11 is 0. The number of amides is 1. The number of fused-ring (bicyclic) bond motifs is 1. The van der Waals surface area contributed by atoms with Gasteiger partial charge in [-0.3, -0.25) is 4.79 Å². The van der Waals surface area contributed by atoms with Crippen molar-refractivity contribution < 1.29 is 9.18 Å². The largest absolute Gasteiger partial charge is 0.324 e. The first-order chi connectivity index (χ1) is 8.37. The maximum absolute atomic E-state index is 14.0. The maximum Gasteiger partial charge on any atom is 0.234 e. The van der Waals surface area contributed by atoms with E-state index in [4.69, 9.17) is 5.73 Å². The zero-order valence-electron chi connectivity index (χ0n) is 11.0. The molecule has 1 aliphatic rings. The van der Waals surface area contributed by atoms with Crippen molar-refractivity contribution in [3.05, 3.63) is 29.1 Å². The number of benzene rings is 1. The molecule has 2 rings (SSSR count). The lowest BCUT2D eigenvalue weighted by Gasteiger charge is -2.18. The molecule has 1 aromatic carbocycles. The summed E-state index contributed by atoms with van der Waals surface area (Å²) in [7, 11) is 0. The van der Waals surface area contributed by atoms with Crippen LogP contribution in [-0.2, 0) is 10.2 Å². The number of carbonyl (C=O) groups excluding carboxylic acids is 1. The van der Waals surface area contributed by atoms with E-state index in [9.17, 15) is 9.18 Å². The molecular formula is C14H19FN2O. The molecule has 0 saturated heterocycles. The van der Waals surface area contributed by atoms with Gasteiger partial charge in [0.25, 0.3) is 0 Å². The van der Waals surface area contributed by atoms with Gasteiger partial charge in [-0.25, -0.2) is 4.39 Å². The number of hydrogen-bond acceptors (Lipinski definition) is 2. The zero-order chi connectivity index (χ0) is 13.5. The summed E-state index contributed by atoms with van der Waals surface area (Å²) in [6, 6.07) is 3.11. The minimum atomic E-state index is -0.696. The SMILES string of the molecule is CCCC(N)c1cc(F)c2c(c1)C(C)(C)C(=O)N2. The quantitative estimate of drug-likeness (QED) is 0.866. The standard InChI is InChI=1S/C14H19FN2O/c1-4-5-11(16)8-6-9-12(10(15)7-8)17-13(18)14(9,2)3/h6-7,11H,4-5,16H2,1-3H3,(H,17,18). The molecule has 1 amide bonds. The van der Waals surface area contributed by atoms with Crippen LogP contribution in [0.1, 0.15) is 50.8 Å². The minimum Gasteiger partial charge on any atom is -0.324 e. The first-order valence-corrected chi connectivity index (χ1v) is 6.29. The fraction of sp³-hybridized carbons (Fsp3) is 0.500. The average molecular weight is 250 g/mol. The normalized spacial score (nSPS) is 18.4. The molecule has 0 aliphatic carbocycles. The molecule has 0 saturated carbocycles. The maximum atomic E-state index is 14.0. The van der Waals surface area contributed by atoms with Crippen LogP contribution in [-0.4, -0.2) is 5.91 Å². The van der Waals surface area contributed by atoms with Crippen molar-refractivity contribution in [2.45, 2.75) is 45.1 Å². The summed E-state index contributed by atoms with van der Waals surface area (Å²) in [5, 5.41) is 2.60. The third-order valence-corrected chi connectivity index (χ3v) is 3.62. The first kappa shape index (κ1) is 13.0. The van der Waals surface area contributed by atoms with E-state index in [1.54, 1.807) is 13.8 Å². The molecule has 1 heterocycles. The zero-order valence-corrected chi connectivity index (χ0v) is 11.0. The number of anilines is 1. The third-order valence-electron chi connectivity index (χ3n) is 3.62. The molecule has 0 bridgehead atoms. The van der Waals surface area contributed by atoms with E-state index in [1.165, 1.54) is 6.07 Å². The van der Waals surface area contributed by atoms with Crippen LogP contribution >= 0.6 is 0 Å². The molecule has 3 nitrogen and oxygen atoms in total. The Morgan fingerprint density at radius 3 is 2.72 bits per heavy atom. The van der Waals surface area contributed by atoms with Gasteiger partial charge in [-0.15, -0.1) is 0 Å². The van der Waals surface area contributed by atoms with E-state index in [1.807, 2.05) is 13.0 Å². The molecule has 1 atom stereocenters. The van der Waals surface area contributed by atoms with E-state index in [0.717, 1.165) is 18.4 Å². The van der Waals surface area contributed by atoms with Crippen LogP contribution in [0.3, 0.4) is 0 Å². The summed E-state index contributed by atoms with van der Waals surface area (Å²) in [4.78, 5) is 11.8. The molecule has 1 aliphatic heterocycles. The van der Waals surface area contributed by atoms with Gasteiger partial charge < -0.3 is 11.1 Å². The Balaban J connectivity index is 2.49. The van der Waals surface area contributed by atoms with Crippen LogP contribution < -0.4 is 11.1 Å². The van der Waals surface area contributed by atoms with Crippen LogP contribution in [0.5, 0.6) is 0 Å². The van der Waals surface area contributed by atoms with Gasteiger partial charge in [0.05, 0.1) is 11.1 Å². The van der Waals surface area contributed by atoms with E-state index in [2.05, 4.69) is 5.32 Å². The van der Waals surface area contributed by atoms with Crippen LogP contribution in [0.4, 0.5) is 10.1 Å². The van der Waals surface area contributed by atoms with Crippen molar-refractivity contribution in [2.75, 3.05) is 5.32 Å². The molecule has 0 radical (unpaired) electrons. The number of hydrogen-bond donors (Lipinski definition) is 2. The average Bonchev–Trinajstić information content (AvgIpc) is 2.52. The summed E-state index contributed by atoms with van der Waals surface area (Å²) < 4.78 is 14.0. The Morgan fingerprint density at radius 1 is 1.44 bits per heavy atom. The lowest BCUT2D eigenvalue weighted by atomic mass is 9.84. The number of nitrogens with one attached hydrogen (secondary N) is 1. The second-order valence-corrected chi connectivity index (χ2v) is 5.40. The Kier molecular flexibility index (Phi) is 3.15. The number of nitrogens with two attached hydrogens (primary N) is 1. The highest BCUT2D eigenvalue weighted by atomic mass is 19.1. The third kappa shape index (κ3) is 1.90. The Hall–Kier alpha value is -1.42. The Labute approximate surface area is 107 Å². The molecular weight excluding hydrogens is 231 g/mol.